The molecule has 2 heterocycles. The van der Waals surface area contributed by atoms with Gasteiger partial charge >= 0.3 is 0 Å². The zero-order valence-corrected chi connectivity index (χ0v) is 16.6. The Bertz CT molecular complexity index is 1150. The second kappa shape index (κ2) is 7.31. The molecule has 28 heavy (non-hydrogen) atoms. The number of aromatic nitrogens is 2. The maximum absolute atomic E-state index is 13.0. The quantitative estimate of drug-likeness (QED) is 0.687. The molecule has 0 radical (unpaired) electrons. The van der Waals surface area contributed by atoms with Gasteiger partial charge in [0.05, 0.1) is 17.4 Å². The Morgan fingerprint density at radius 3 is 2.89 bits per heavy atom. The molecule has 1 unspecified atom stereocenters. The van der Waals surface area contributed by atoms with Gasteiger partial charge in [0.25, 0.3) is 5.56 Å². The Hall–Kier alpha value is -2.80. The molecular formula is C21H21N3O3S. The van der Waals surface area contributed by atoms with Crippen molar-refractivity contribution in [3.05, 3.63) is 57.0 Å². The lowest BCUT2D eigenvalue weighted by Gasteiger charge is -2.17. The predicted octanol–water partition coefficient (Wildman–Crippen LogP) is 3.42. The third kappa shape index (κ3) is 3.38. The number of thiophene rings is 1. The molecule has 1 atom stereocenters. The monoisotopic (exact) mass is 395 g/mol. The summed E-state index contributed by atoms with van der Waals surface area (Å²) in [4.78, 5) is 43.7. The first-order valence-corrected chi connectivity index (χ1v) is 10.1. The van der Waals surface area contributed by atoms with Crippen molar-refractivity contribution in [2.24, 2.45) is 5.92 Å². The van der Waals surface area contributed by atoms with Crippen LogP contribution in [0.2, 0.25) is 0 Å². The summed E-state index contributed by atoms with van der Waals surface area (Å²) in [6.07, 6.45) is 4.37. The van der Waals surface area contributed by atoms with Crippen LogP contribution in [-0.4, -0.2) is 21.2 Å². The third-order valence-electron chi connectivity index (χ3n) is 5.18. The Balaban J connectivity index is 1.62. The fourth-order valence-electron chi connectivity index (χ4n) is 3.72. The van der Waals surface area contributed by atoms with Gasteiger partial charge < -0.3 is 5.32 Å². The molecule has 1 aliphatic rings. The highest BCUT2D eigenvalue weighted by molar-refractivity contribution is 7.18. The molecule has 0 saturated heterocycles. The Labute approximate surface area is 166 Å². The molecule has 0 spiro atoms. The molecule has 0 bridgehead atoms. The number of hydrogen-bond acceptors (Lipinski definition) is 5. The Kier molecular flexibility index (Phi) is 4.85. The molecule has 1 aliphatic carbocycles. The summed E-state index contributed by atoms with van der Waals surface area (Å²) in [6.45, 7) is 3.53. The van der Waals surface area contributed by atoms with E-state index >= 15 is 0 Å². The van der Waals surface area contributed by atoms with Gasteiger partial charge in [-0.2, -0.15) is 0 Å². The summed E-state index contributed by atoms with van der Waals surface area (Å²) in [5.41, 5.74) is 1.82. The van der Waals surface area contributed by atoms with E-state index in [0.717, 1.165) is 29.7 Å². The fraction of sp³-hybridized carbons (Fsp3) is 0.333. The molecule has 0 saturated carbocycles. The summed E-state index contributed by atoms with van der Waals surface area (Å²) in [7, 11) is 0. The van der Waals surface area contributed by atoms with E-state index in [1.807, 2.05) is 0 Å². The zero-order valence-electron chi connectivity index (χ0n) is 15.8. The maximum atomic E-state index is 13.0. The number of anilines is 1. The number of hydrogen-bond donors (Lipinski definition) is 1. The van der Waals surface area contributed by atoms with E-state index in [9.17, 15) is 14.4 Å². The van der Waals surface area contributed by atoms with Crippen molar-refractivity contribution in [1.82, 2.24) is 9.55 Å². The molecule has 4 rings (SSSR count). The first-order valence-electron chi connectivity index (χ1n) is 9.33. The number of nitrogens with zero attached hydrogens (tertiary/aromatic N) is 2. The van der Waals surface area contributed by atoms with Gasteiger partial charge in [-0.25, -0.2) is 4.98 Å². The predicted molar refractivity (Wildman–Crippen MR) is 110 cm³/mol. The molecule has 3 aromatic rings. The van der Waals surface area contributed by atoms with Crippen LogP contribution in [0.1, 0.15) is 41.1 Å². The van der Waals surface area contributed by atoms with Gasteiger partial charge in [0.1, 0.15) is 11.4 Å². The van der Waals surface area contributed by atoms with Gasteiger partial charge in [0, 0.05) is 10.4 Å². The minimum Gasteiger partial charge on any atom is -0.324 e. The van der Waals surface area contributed by atoms with E-state index in [2.05, 4.69) is 17.2 Å². The number of ketones is 1. The Morgan fingerprint density at radius 2 is 2.11 bits per heavy atom. The molecule has 7 heteroatoms. The van der Waals surface area contributed by atoms with Crippen molar-refractivity contribution >= 4 is 38.9 Å². The number of benzene rings is 1. The molecule has 1 N–H and O–H groups in total. The topological polar surface area (TPSA) is 81.1 Å². The lowest BCUT2D eigenvalue weighted by molar-refractivity contribution is -0.116. The van der Waals surface area contributed by atoms with Crippen LogP contribution in [0, 0.1) is 5.92 Å². The van der Waals surface area contributed by atoms with Crippen molar-refractivity contribution in [1.29, 1.82) is 0 Å². The number of aryl methyl sites for hydroxylation is 1. The summed E-state index contributed by atoms with van der Waals surface area (Å²) >= 11 is 1.59. The summed E-state index contributed by atoms with van der Waals surface area (Å²) in [5, 5.41) is 3.39. The lowest BCUT2D eigenvalue weighted by atomic mass is 9.89. The highest BCUT2D eigenvalue weighted by Crippen LogP contribution is 2.35. The zero-order chi connectivity index (χ0) is 19.8. The number of nitrogens with one attached hydrogen (secondary N) is 1. The molecule has 6 nitrogen and oxygen atoms in total. The van der Waals surface area contributed by atoms with Crippen LogP contribution < -0.4 is 10.9 Å². The maximum Gasteiger partial charge on any atom is 0.262 e. The molecule has 1 amide bonds. The van der Waals surface area contributed by atoms with Crippen molar-refractivity contribution < 1.29 is 9.59 Å². The van der Waals surface area contributed by atoms with E-state index in [1.54, 1.807) is 35.6 Å². The SMILES string of the molecule is CC(=O)c1ccccc1NC(=O)Cn1cnc2sc3c(c2c1=O)CCC(C)C3. The lowest BCUT2D eigenvalue weighted by Crippen LogP contribution is -2.28. The average molecular weight is 395 g/mol. The molecular weight excluding hydrogens is 374 g/mol. The molecule has 2 aromatic heterocycles. The normalized spacial score (nSPS) is 16.0. The molecule has 0 aliphatic heterocycles. The smallest absolute Gasteiger partial charge is 0.262 e. The number of para-hydroxylation sites is 1. The second-order valence-electron chi connectivity index (χ2n) is 7.36. The van der Waals surface area contributed by atoms with Gasteiger partial charge in [0.2, 0.25) is 5.91 Å². The van der Waals surface area contributed by atoms with Gasteiger partial charge in [-0.3, -0.25) is 19.0 Å². The number of fused-ring (bicyclic) bond motifs is 3. The van der Waals surface area contributed by atoms with Gasteiger partial charge in [-0.1, -0.05) is 19.1 Å². The number of carbonyl (C=O) groups is 2. The molecule has 144 valence electrons. The summed E-state index contributed by atoms with van der Waals surface area (Å²) in [5.74, 6) is 0.125. The van der Waals surface area contributed by atoms with Crippen LogP contribution in [0.25, 0.3) is 10.2 Å². The van der Waals surface area contributed by atoms with Gasteiger partial charge in [-0.15, -0.1) is 11.3 Å². The van der Waals surface area contributed by atoms with Crippen molar-refractivity contribution in [3.63, 3.8) is 0 Å². The van der Waals surface area contributed by atoms with Crippen LogP contribution >= 0.6 is 11.3 Å². The minimum absolute atomic E-state index is 0.129. The number of amides is 1. The first kappa shape index (κ1) is 18.6. The number of carbonyl (C=O) groups excluding carboxylic acids is 2. The van der Waals surface area contributed by atoms with Crippen LogP contribution in [0.4, 0.5) is 5.69 Å². The van der Waals surface area contributed by atoms with Gasteiger partial charge in [0.15, 0.2) is 5.78 Å². The van der Waals surface area contributed by atoms with Crippen molar-refractivity contribution in [2.75, 3.05) is 5.32 Å². The van der Waals surface area contributed by atoms with E-state index in [4.69, 9.17) is 0 Å². The third-order valence-corrected chi connectivity index (χ3v) is 6.34. The molecule has 1 aromatic carbocycles. The van der Waals surface area contributed by atoms with Crippen LogP contribution in [0.15, 0.2) is 35.4 Å². The standard InChI is InChI=1S/C21H21N3O3S/c1-12-7-8-15-17(9-12)28-20-19(15)21(27)24(11-22-20)10-18(26)23-16-6-4-3-5-14(16)13(2)25/h3-6,11-12H,7-10H2,1-2H3,(H,23,26). The largest absolute Gasteiger partial charge is 0.324 e. The summed E-state index contributed by atoms with van der Waals surface area (Å²) < 4.78 is 1.35. The minimum atomic E-state index is -0.366. The first-order chi connectivity index (χ1) is 13.4. The van der Waals surface area contributed by atoms with Crippen LogP contribution in [0.5, 0.6) is 0 Å². The number of Topliss-reactive ketones (excluding diaryl/α,β-unsaturated/α-hetero) is 1. The average Bonchev–Trinajstić information content (AvgIpc) is 3.02. The van der Waals surface area contributed by atoms with Crippen molar-refractivity contribution in [3.8, 4) is 0 Å². The highest BCUT2D eigenvalue weighted by Gasteiger charge is 2.23. The second-order valence-corrected chi connectivity index (χ2v) is 8.44. The fourth-order valence-corrected chi connectivity index (χ4v) is 5.06. The van der Waals surface area contributed by atoms with Crippen LogP contribution in [0.3, 0.4) is 0 Å². The highest BCUT2D eigenvalue weighted by atomic mass is 32.1. The van der Waals surface area contributed by atoms with Crippen LogP contribution in [-0.2, 0) is 24.2 Å². The van der Waals surface area contributed by atoms with Gasteiger partial charge in [-0.05, 0) is 49.8 Å². The van der Waals surface area contributed by atoms with E-state index < -0.39 is 0 Å². The molecule has 0 fully saturated rings. The van der Waals surface area contributed by atoms with E-state index in [1.165, 1.54) is 22.7 Å². The van der Waals surface area contributed by atoms with E-state index in [0.29, 0.717) is 22.6 Å². The Morgan fingerprint density at radius 1 is 1.32 bits per heavy atom. The van der Waals surface area contributed by atoms with Crippen molar-refractivity contribution in [2.45, 2.75) is 39.7 Å². The summed E-state index contributed by atoms with van der Waals surface area (Å²) in [6, 6.07) is 6.83. The van der Waals surface area contributed by atoms with E-state index in [-0.39, 0.29) is 23.8 Å². The number of rotatable bonds is 4.